The second-order valence-corrected chi connectivity index (χ2v) is 5.68. The highest BCUT2D eigenvalue weighted by molar-refractivity contribution is 9.10. The summed E-state index contributed by atoms with van der Waals surface area (Å²) in [5, 5.41) is 6.80. The zero-order chi connectivity index (χ0) is 12.2. The van der Waals surface area contributed by atoms with Crippen LogP contribution in [-0.2, 0) is 0 Å². The maximum atomic E-state index is 4.33. The van der Waals surface area contributed by atoms with E-state index >= 15 is 0 Å². The van der Waals surface area contributed by atoms with Gasteiger partial charge in [-0.05, 0) is 55.8 Å². The molecular weight excluding hydrogens is 266 g/mol. The maximum Gasteiger partial charge on any atom is 0.106 e. The van der Waals surface area contributed by atoms with Gasteiger partial charge in [0.25, 0.3) is 0 Å². The van der Waals surface area contributed by atoms with E-state index in [4.69, 9.17) is 0 Å². The first kappa shape index (κ1) is 13.5. The fourth-order valence-electron chi connectivity index (χ4n) is 1.35. The van der Waals surface area contributed by atoms with E-state index in [0.29, 0.717) is 0 Å². The molecule has 90 valence electrons. The zero-order valence-corrected chi connectivity index (χ0v) is 12.0. The molecule has 4 heteroatoms. The predicted octanol–water partition coefficient (Wildman–Crippen LogP) is 2.95. The van der Waals surface area contributed by atoms with Crippen molar-refractivity contribution < 1.29 is 0 Å². The van der Waals surface area contributed by atoms with Gasteiger partial charge in [0.1, 0.15) is 4.60 Å². The Balaban J connectivity index is 2.38. The quantitative estimate of drug-likeness (QED) is 0.660. The highest BCUT2D eigenvalue weighted by Gasteiger charge is 2.07. The summed E-state index contributed by atoms with van der Waals surface area (Å²) in [6.07, 6.45) is 0. The van der Waals surface area contributed by atoms with Gasteiger partial charge in [0.2, 0.25) is 0 Å². The molecule has 0 amide bonds. The molecule has 0 fully saturated rings. The van der Waals surface area contributed by atoms with Crippen molar-refractivity contribution in [2.75, 3.05) is 18.4 Å². The maximum absolute atomic E-state index is 4.33. The molecular formula is C12H20BrN3. The molecule has 0 aliphatic heterocycles. The largest absolute Gasteiger partial charge is 0.382 e. The number of rotatable bonds is 4. The van der Waals surface area contributed by atoms with Crippen molar-refractivity contribution in [3.05, 3.63) is 22.4 Å². The number of aromatic nitrogens is 1. The summed E-state index contributed by atoms with van der Waals surface area (Å²) in [5.41, 5.74) is 2.29. The van der Waals surface area contributed by atoms with E-state index in [9.17, 15) is 0 Å². The van der Waals surface area contributed by atoms with E-state index in [1.54, 1.807) is 0 Å². The van der Waals surface area contributed by atoms with Crippen LogP contribution in [0.25, 0.3) is 0 Å². The molecule has 1 aromatic heterocycles. The van der Waals surface area contributed by atoms with Gasteiger partial charge in [-0.25, -0.2) is 4.98 Å². The van der Waals surface area contributed by atoms with Crippen molar-refractivity contribution in [2.45, 2.75) is 33.2 Å². The summed E-state index contributed by atoms with van der Waals surface area (Å²) < 4.78 is 0.878. The van der Waals surface area contributed by atoms with E-state index in [1.165, 1.54) is 0 Å². The van der Waals surface area contributed by atoms with Gasteiger partial charge in [0.05, 0.1) is 11.4 Å². The summed E-state index contributed by atoms with van der Waals surface area (Å²) in [7, 11) is 0. The Bertz CT molecular complexity index is 345. The van der Waals surface area contributed by atoms with E-state index < -0.39 is 0 Å². The molecule has 0 aliphatic carbocycles. The first-order valence-electron chi connectivity index (χ1n) is 5.50. The molecule has 0 aliphatic rings. The predicted molar refractivity (Wildman–Crippen MR) is 72.9 cm³/mol. The van der Waals surface area contributed by atoms with Crippen LogP contribution in [0.2, 0.25) is 0 Å². The third-order valence-electron chi connectivity index (χ3n) is 2.15. The molecule has 16 heavy (non-hydrogen) atoms. The van der Waals surface area contributed by atoms with Crippen LogP contribution in [0.15, 0.2) is 16.7 Å². The smallest absolute Gasteiger partial charge is 0.106 e. The normalized spacial score (nSPS) is 11.6. The van der Waals surface area contributed by atoms with Crippen molar-refractivity contribution in [2.24, 2.45) is 0 Å². The molecule has 0 saturated carbocycles. The number of anilines is 1. The average Bonchev–Trinajstić information content (AvgIpc) is 2.13. The topological polar surface area (TPSA) is 37.0 Å². The molecule has 1 rings (SSSR count). The van der Waals surface area contributed by atoms with E-state index in [0.717, 1.165) is 29.1 Å². The number of hydrogen-bond acceptors (Lipinski definition) is 3. The molecule has 0 spiro atoms. The number of halogens is 1. The Morgan fingerprint density at radius 1 is 1.25 bits per heavy atom. The van der Waals surface area contributed by atoms with Crippen molar-refractivity contribution in [1.82, 2.24) is 10.3 Å². The van der Waals surface area contributed by atoms with Crippen molar-refractivity contribution in [1.29, 1.82) is 0 Å². The lowest BCUT2D eigenvalue weighted by Crippen LogP contribution is -2.38. The summed E-state index contributed by atoms with van der Waals surface area (Å²) in [5.74, 6) is 0. The monoisotopic (exact) mass is 285 g/mol. The van der Waals surface area contributed by atoms with Crippen molar-refractivity contribution in [3.63, 3.8) is 0 Å². The minimum atomic E-state index is 0.175. The Morgan fingerprint density at radius 2 is 1.94 bits per heavy atom. The third kappa shape index (κ3) is 4.94. The van der Waals surface area contributed by atoms with E-state index in [2.05, 4.69) is 52.3 Å². The minimum absolute atomic E-state index is 0.175. The van der Waals surface area contributed by atoms with Gasteiger partial charge in [-0.3, -0.25) is 0 Å². The molecule has 0 aromatic carbocycles. The Hall–Kier alpha value is -0.610. The third-order valence-corrected chi connectivity index (χ3v) is 2.59. The van der Waals surface area contributed by atoms with Crippen LogP contribution in [0.5, 0.6) is 0 Å². The fraction of sp³-hybridized carbons (Fsp3) is 0.583. The molecule has 0 unspecified atom stereocenters. The number of hydrogen-bond donors (Lipinski definition) is 2. The van der Waals surface area contributed by atoms with Gasteiger partial charge in [0.15, 0.2) is 0 Å². The second kappa shape index (κ2) is 5.64. The van der Waals surface area contributed by atoms with E-state index in [-0.39, 0.29) is 5.54 Å². The summed E-state index contributed by atoms with van der Waals surface area (Å²) in [6, 6.07) is 4.00. The van der Waals surface area contributed by atoms with Gasteiger partial charge in [-0.2, -0.15) is 0 Å². The molecule has 3 nitrogen and oxygen atoms in total. The second-order valence-electron chi connectivity index (χ2n) is 4.87. The van der Waals surface area contributed by atoms with Gasteiger partial charge >= 0.3 is 0 Å². The van der Waals surface area contributed by atoms with Crippen LogP contribution in [0.3, 0.4) is 0 Å². The highest BCUT2D eigenvalue weighted by atomic mass is 79.9. The molecule has 0 atom stereocenters. The molecule has 0 radical (unpaired) electrons. The van der Waals surface area contributed by atoms with Crippen LogP contribution >= 0.6 is 15.9 Å². The fourth-order valence-corrected chi connectivity index (χ4v) is 1.75. The van der Waals surface area contributed by atoms with E-state index in [1.807, 2.05) is 19.1 Å². The molecule has 2 N–H and O–H groups in total. The SMILES string of the molecule is Cc1nc(Br)ccc1NCCNC(C)(C)C. The first-order valence-corrected chi connectivity index (χ1v) is 6.30. The molecule has 1 heterocycles. The summed E-state index contributed by atoms with van der Waals surface area (Å²) >= 11 is 3.35. The lowest BCUT2D eigenvalue weighted by atomic mass is 10.1. The van der Waals surface area contributed by atoms with Crippen LogP contribution in [0, 0.1) is 6.92 Å². The minimum Gasteiger partial charge on any atom is -0.382 e. The number of nitrogens with zero attached hydrogens (tertiary/aromatic N) is 1. The average molecular weight is 286 g/mol. The van der Waals surface area contributed by atoms with Crippen LogP contribution in [0.4, 0.5) is 5.69 Å². The zero-order valence-electron chi connectivity index (χ0n) is 10.4. The standard InChI is InChI=1S/C12H20BrN3/c1-9-10(5-6-11(13)16-9)14-7-8-15-12(2,3)4/h5-6,14-15H,7-8H2,1-4H3. The number of pyridine rings is 1. The van der Waals surface area contributed by atoms with Crippen molar-refractivity contribution >= 4 is 21.6 Å². The summed E-state index contributed by atoms with van der Waals surface area (Å²) in [4.78, 5) is 4.33. The van der Waals surface area contributed by atoms with Gasteiger partial charge < -0.3 is 10.6 Å². The lowest BCUT2D eigenvalue weighted by Gasteiger charge is -2.20. The van der Waals surface area contributed by atoms with Crippen LogP contribution in [-0.4, -0.2) is 23.6 Å². The van der Waals surface area contributed by atoms with Crippen LogP contribution in [0.1, 0.15) is 26.5 Å². The van der Waals surface area contributed by atoms with Gasteiger partial charge in [0, 0.05) is 18.6 Å². The van der Waals surface area contributed by atoms with Crippen LogP contribution < -0.4 is 10.6 Å². The molecule has 0 saturated heterocycles. The lowest BCUT2D eigenvalue weighted by molar-refractivity contribution is 0.435. The summed E-state index contributed by atoms with van der Waals surface area (Å²) in [6.45, 7) is 10.4. The Morgan fingerprint density at radius 3 is 2.50 bits per heavy atom. The Kier molecular flexibility index (Phi) is 4.74. The number of aryl methyl sites for hydroxylation is 1. The first-order chi connectivity index (χ1) is 7.38. The number of nitrogens with one attached hydrogen (secondary N) is 2. The Labute approximate surface area is 106 Å². The van der Waals surface area contributed by atoms with Gasteiger partial charge in [-0.1, -0.05) is 0 Å². The van der Waals surface area contributed by atoms with Crippen molar-refractivity contribution in [3.8, 4) is 0 Å². The molecule has 0 bridgehead atoms. The highest BCUT2D eigenvalue weighted by Crippen LogP contribution is 2.15. The van der Waals surface area contributed by atoms with Gasteiger partial charge in [-0.15, -0.1) is 0 Å². The molecule has 1 aromatic rings.